The highest BCUT2D eigenvalue weighted by Crippen LogP contribution is 2.38. The molecule has 0 radical (unpaired) electrons. The van der Waals surface area contributed by atoms with E-state index in [-0.39, 0.29) is 24.3 Å². The number of anilines is 1. The van der Waals surface area contributed by atoms with E-state index in [4.69, 9.17) is 4.74 Å². The number of aromatic nitrogens is 1. The molecular weight excluding hydrogens is 374 g/mol. The number of hydrazine groups is 1. The first-order chi connectivity index (χ1) is 13.9. The van der Waals surface area contributed by atoms with Crippen molar-refractivity contribution in [3.8, 4) is 5.75 Å². The summed E-state index contributed by atoms with van der Waals surface area (Å²) in [4.78, 5) is 36.0. The Morgan fingerprint density at radius 1 is 1.34 bits per heavy atom. The molecule has 0 aromatic carbocycles. The van der Waals surface area contributed by atoms with Crippen LogP contribution in [-0.2, 0) is 0 Å². The summed E-state index contributed by atoms with van der Waals surface area (Å²) in [6, 6.07) is 1.68. The van der Waals surface area contributed by atoms with Crippen molar-refractivity contribution in [3.05, 3.63) is 35.8 Å². The molecule has 10 nitrogen and oxygen atoms in total. The third-order valence-electron chi connectivity index (χ3n) is 5.87. The summed E-state index contributed by atoms with van der Waals surface area (Å²) < 4.78 is 5.81. The zero-order valence-electron chi connectivity index (χ0n) is 16.8. The maximum absolute atomic E-state index is 13.1. The first-order valence-electron chi connectivity index (χ1n) is 9.77. The maximum Gasteiger partial charge on any atom is 0.339 e. The lowest BCUT2D eigenvalue weighted by atomic mass is 10.2. The van der Waals surface area contributed by atoms with E-state index in [2.05, 4.69) is 15.3 Å². The number of urea groups is 1. The summed E-state index contributed by atoms with van der Waals surface area (Å²) in [5.74, 6) is 1.41. The summed E-state index contributed by atoms with van der Waals surface area (Å²) in [5, 5.41) is 1.46. The minimum absolute atomic E-state index is 0.0110. The number of allylic oxidation sites excluding steroid dienone is 1. The van der Waals surface area contributed by atoms with E-state index in [1.807, 2.05) is 36.0 Å². The van der Waals surface area contributed by atoms with Gasteiger partial charge >= 0.3 is 6.03 Å². The van der Waals surface area contributed by atoms with Crippen molar-refractivity contribution in [3.63, 3.8) is 0 Å². The summed E-state index contributed by atoms with van der Waals surface area (Å²) in [6.45, 7) is 1.11. The largest absolute Gasteiger partial charge is 0.469 e. The van der Waals surface area contributed by atoms with Crippen molar-refractivity contribution in [1.29, 1.82) is 0 Å². The van der Waals surface area contributed by atoms with Gasteiger partial charge in [-0.3, -0.25) is 24.5 Å². The molecule has 2 unspecified atom stereocenters. The second-order valence-electron chi connectivity index (χ2n) is 7.91. The SMILES string of the molecule is CN1NC2C=C(N3COc4cc(C(=O)N5CCCC5N(C)C)[nH]c43)C=CN2C1=O. The Morgan fingerprint density at radius 2 is 2.17 bits per heavy atom. The smallest absolute Gasteiger partial charge is 0.339 e. The lowest BCUT2D eigenvalue weighted by Crippen LogP contribution is -2.44. The van der Waals surface area contributed by atoms with Gasteiger partial charge in [-0.15, -0.1) is 0 Å². The van der Waals surface area contributed by atoms with Gasteiger partial charge < -0.3 is 14.6 Å². The second kappa shape index (κ2) is 6.53. The molecule has 2 saturated heterocycles. The Balaban J connectivity index is 1.38. The van der Waals surface area contributed by atoms with Crippen molar-refractivity contribution in [2.75, 3.05) is 39.3 Å². The third kappa shape index (κ3) is 2.78. The standard InChI is InChI=1S/C19H25N7O3/c1-22(2)16-5-4-7-25(16)18(27)13-10-14-17(20-13)26(11-29-14)12-6-8-24-15(9-12)21-23(3)19(24)28/h6,8-10,15-16,20-21H,4-5,7,11H2,1-3H3. The summed E-state index contributed by atoms with van der Waals surface area (Å²) in [7, 11) is 5.70. The third-order valence-corrected chi connectivity index (χ3v) is 5.87. The van der Waals surface area contributed by atoms with Crippen molar-refractivity contribution in [2.24, 2.45) is 0 Å². The summed E-state index contributed by atoms with van der Waals surface area (Å²) in [6.07, 6.45) is 7.47. The average Bonchev–Trinajstić information content (AvgIpc) is 3.44. The van der Waals surface area contributed by atoms with Crippen molar-refractivity contribution >= 4 is 17.8 Å². The van der Waals surface area contributed by atoms with Gasteiger partial charge in [-0.25, -0.2) is 10.2 Å². The fourth-order valence-electron chi connectivity index (χ4n) is 4.37. The molecule has 154 valence electrons. The number of nitrogens with zero attached hydrogens (tertiary/aromatic N) is 5. The highest BCUT2D eigenvalue weighted by atomic mass is 16.5. The number of amides is 3. The summed E-state index contributed by atoms with van der Waals surface area (Å²) in [5.41, 5.74) is 4.53. The zero-order valence-corrected chi connectivity index (χ0v) is 16.8. The van der Waals surface area contributed by atoms with Gasteiger partial charge in [0, 0.05) is 31.6 Å². The molecular formula is C19H25N7O3. The van der Waals surface area contributed by atoms with Gasteiger partial charge in [-0.2, -0.15) is 0 Å². The Bertz CT molecular complexity index is 921. The van der Waals surface area contributed by atoms with Crippen LogP contribution in [0.4, 0.5) is 10.6 Å². The number of carbonyl (C=O) groups excluding carboxylic acids is 2. The van der Waals surface area contributed by atoms with Gasteiger partial charge in [-0.05, 0) is 39.1 Å². The number of rotatable bonds is 3. The van der Waals surface area contributed by atoms with E-state index >= 15 is 0 Å². The molecule has 5 rings (SSSR count). The number of likely N-dealkylation sites (tertiary alicyclic amines) is 1. The minimum atomic E-state index is -0.238. The van der Waals surface area contributed by atoms with Gasteiger partial charge in [0.1, 0.15) is 11.9 Å². The Labute approximate surface area is 168 Å². The lowest BCUT2D eigenvalue weighted by molar-refractivity contribution is 0.0578. The Hall–Kier alpha value is -2.98. The molecule has 0 spiro atoms. The predicted molar refractivity (Wildman–Crippen MR) is 106 cm³/mol. The van der Waals surface area contributed by atoms with E-state index in [0.717, 1.165) is 30.9 Å². The highest BCUT2D eigenvalue weighted by Gasteiger charge is 2.37. The molecule has 2 fully saturated rings. The number of fused-ring (bicyclic) bond motifs is 2. The average molecular weight is 399 g/mol. The molecule has 4 aliphatic rings. The van der Waals surface area contributed by atoms with Crippen LogP contribution in [0.15, 0.2) is 30.1 Å². The van der Waals surface area contributed by atoms with E-state index in [1.54, 1.807) is 24.2 Å². The number of hydrogen-bond acceptors (Lipinski definition) is 6. The zero-order chi connectivity index (χ0) is 20.3. The molecule has 1 aromatic heterocycles. The summed E-state index contributed by atoms with van der Waals surface area (Å²) >= 11 is 0. The molecule has 10 heteroatoms. The number of hydrogen-bond donors (Lipinski definition) is 2. The van der Waals surface area contributed by atoms with Crippen LogP contribution in [0, 0.1) is 0 Å². The Morgan fingerprint density at radius 3 is 2.97 bits per heavy atom. The van der Waals surface area contributed by atoms with Crippen LogP contribution < -0.4 is 15.1 Å². The molecule has 0 bridgehead atoms. The van der Waals surface area contributed by atoms with Crippen molar-refractivity contribution < 1.29 is 14.3 Å². The van der Waals surface area contributed by atoms with E-state index < -0.39 is 0 Å². The van der Waals surface area contributed by atoms with Crippen LogP contribution in [-0.4, -0.2) is 83.4 Å². The molecule has 0 saturated carbocycles. The van der Waals surface area contributed by atoms with Crippen molar-refractivity contribution in [1.82, 2.24) is 30.1 Å². The van der Waals surface area contributed by atoms with E-state index in [1.165, 1.54) is 5.01 Å². The molecule has 4 aliphatic heterocycles. The molecule has 1 aromatic rings. The topological polar surface area (TPSA) is 87.4 Å². The fourth-order valence-corrected chi connectivity index (χ4v) is 4.37. The van der Waals surface area contributed by atoms with Crippen LogP contribution in [0.1, 0.15) is 23.3 Å². The monoisotopic (exact) mass is 399 g/mol. The number of ether oxygens (including phenoxy) is 1. The predicted octanol–water partition coefficient (Wildman–Crippen LogP) is 0.904. The van der Waals surface area contributed by atoms with Gasteiger partial charge in [0.05, 0.1) is 6.17 Å². The molecule has 2 atom stereocenters. The van der Waals surface area contributed by atoms with Gasteiger partial charge in [0.15, 0.2) is 18.3 Å². The van der Waals surface area contributed by atoms with Crippen LogP contribution in [0.2, 0.25) is 0 Å². The van der Waals surface area contributed by atoms with E-state index in [9.17, 15) is 9.59 Å². The Kier molecular flexibility index (Phi) is 4.07. The van der Waals surface area contributed by atoms with Crippen LogP contribution in [0.3, 0.4) is 0 Å². The van der Waals surface area contributed by atoms with E-state index in [0.29, 0.717) is 18.2 Å². The molecule has 2 N–H and O–H groups in total. The molecule has 29 heavy (non-hydrogen) atoms. The minimum Gasteiger partial charge on any atom is -0.469 e. The van der Waals surface area contributed by atoms with Crippen LogP contribution in [0.25, 0.3) is 0 Å². The number of aromatic amines is 1. The lowest BCUT2D eigenvalue weighted by Gasteiger charge is -2.29. The number of carbonyl (C=O) groups is 2. The van der Waals surface area contributed by atoms with Crippen LogP contribution in [0.5, 0.6) is 5.75 Å². The quantitative estimate of drug-likeness (QED) is 0.786. The molecule has 0 aliphatic carbocycles. The van der Waals surface area contributed by atoms with Crippen molar-refractivity contribution in [2.45, 2.75) is 25.2 Å². The first-order valence-corrected chi connectivity index (χ1v) is 9.77. The second-order valence-corrected chi connectivity index (χ2v) is 7.91. The maximum atomic E-state index is 13.1. The number of H-pyrrole nitrogens is 1. The normalized spacial score (nSPS) is 25.7. The first kappa shape index (κ1) is 18.1. The molecule has 5 heterocycles. The molecule has 3 amide bonds. The van der Waals surface area contributed by atoms with Crippen LogP contribution >= 0.6 is 0 Å². The van der Waals surface area contributed by atoms with Gasteiger partial charge in [0.25, 0.3) is 5.91 Å². The highest BCUT2D eigenvalue weighted by molar-refractivity contribution is 5.95. The van der Waals surface area contributed by atoms with Gasteiger partial charge in [-0.1, -0.05) is 0 Å². The van der Waals surface area contributed by atoms with Gasteiger partial charge in [0.2, 0.25) is 0 Å². The number of nitrogens with one attached hydrogen (secondary N) is 2. The fraction of sp³-hybridized carbons (Fsp3) is 0.474.